The normalized spacial score (nSPS) is 13.6. The minimum Gasteiger partial charge on any atom is -0.539 e. The molecule has 0 amide bonds. The van der Waals surface area contributed by atoms with Gasteiger partial charge < -0.3 is 8.84 Å². The number of thioether (sulfide) groups is 1. The highest BCUT2D eigenvalue weighted by Crippen LogP contribution is 2.37. The van der Waals surface area contributed by atoms with Crippen molar-refractivity contribution in [3.05, 3.63) is 69.6 Å². The number of benzene rings is 1. The van der Waals surface area contributed by atoms with Crippen LogP contribution in [-0.2, 0) is 16.6 Å². The van der Waals surface area contributed by atoms with Crippen LogP contribution >= 0.6 is 11.8 Å². The van der Waals surface area contributed by atoms with Gasteiger partial charge in [0.05, 0.1) is 22.8 Å². The lowest BCUT2D eigenvalue weighted by molar-refractivity contribution is 0.432. The molecular formula is C22H30O4S2Si. The molecular weight excluding hydrogens is 420 g/mol. The highest BCUT2D eigenvalue weighted by atomic mass is 32.2. The minimum atomic E-state index is -2.14. The first kappa shape index (κ1) is 23.7. The zero-order valence-corrected chi connectivity index (χ0v) is 20.6. The Bertz CT molecular complexity index is 925. The van der Waals surface area contributed by atoms with Crippen LogP contribution in [0.1, 0.15) is 32.1 Å². The average Bonchev–Trinajstić information content (AvgIpc) is 2.63. The standard InChI is InChI=1S/C22H30O4S2Si/c1-17-8-10-18(11-9-17)28(24)15-7-14-27-16-20-21(19(23)12-13-25-20)26-29(5,6)22(2,3)4/h7-13,15H,14,16H2,1-6H3/b15-7+. The summed E-state index contributed by atoms with van der Waals surface area (Å²) in [6.07, 6.45) is 3.30. The molecule has 1 aromatic heterocycles. The quantitative estimate of drug-likeness (QED) is 0.371. The van der Waals surface area contributed by atoms with E-state index in [2.05, 4.69) is 33.9 Å². The second-order valence-corrected chi connectivity index (χ2v) is 15.5. The van der Waals surface area contributed by atoms with Crippen LogP contribution in [0, 0.1) is 6.92 Å². The summed E-state index contributed by atoms with van der Waals surface area (Å²) in [5.74, 6) is 2.07. The van der Waals surface area contributed by atoms with Crippen LogP contribution in [-0.4, -0.2) is 18.3 Å². The number of hydrogen-bond donors (Lipinski definition) is 0. The van der Waals surface area contributed by atoms with E-state index in [-0.39, 0.29) is 10.5 Å². The molecule has 0 radical (unpaired) electrons. The third-order valence-corrected chi connectivity index (χ3v) is 11.4. The average molecular weight is 451 g/mol. The van der Waals surface area contributed by atoms with Crippen LogP contribution < -0.4 is 9.85 Å². The number of hydrogen-bond acceptors (Lipinski definition) is 5. The first-order chi connectivity index (χ1) is 13.5. The second-order valence-electron chi connectivity index (χ2n) is 8.40. The molecule has 1 heterocycles. The van der Waals surface area contributed by atoms with E-state index in [0.717, 1.165) is 10.5 Å². The maximum Gasteiger partial charge on any atom is 0.250 e. The smallest absolute Gasteiger partial charge is 0.250 e. The van der Waals surface area contributed by atoms with Crippen LogP contribution in [0.3, 0.4) is 0 Å². The van der Waals surface area contributed by atoms with E-state index < -0.39 is 19.1 Å². The largest absolute Gasteiger partial charge is 0.539 e. The van der Waals surface area contributed by atoms with Gasteiger partial charge in [0.25, 0.3) is 8.32 Å². The molecule has 0 fully saturated rings. The van der Waals surface area contributed by atoms with E-state index in [9.17, 15) is 9.00 Å². The molecule has 2 aromatic rings. The number of aryl methyl sites for hydroxylation is 1. The fourth-order valence-corrected chi connectivity index (χ4v) is 4.88. The van der Waals surface area contributed by atoms with Crippen LogP contribution in [0.25, 0.3) is 0 Å². The Hall–Kier alpha value is -1.57. The summed E-state index contributed by atoms with van der Waals surface area (Å²) in [7, 11) is -3.30. The Morgan fingerprint density at radius 3 is 2.45 bits per heavy atom. The van der Waals surface area contributed by atoms with Gasteiger partial charge >= 0.3 is 0 Å². The lowest BCUT2D eigenvalue weighted by Gasteiger charge is -2.36. The molecule has 0 aliphatic rings. The van der Waals surface area contributed by atoms with Gasteiger partial charge in [0, 0.05) is 22.1 Å². The van der Waals surface area contributed by atoms with E-state index in [4.69, 9.17) is 8.84 Å². The molecule has 29 heavy (non-hydrogen) atoms. The molecule has 7 heteroatoms. The van der Waals surface area contributed by atoms with Crippen LogP contribution in [0.4, 0.5) is 0 Å². The van der Waals surface area contributed by atoms with Crippen LogP contribution in [0.2, 0.25) is 18.1 Å². The van der Waals surface area contributed by atoms with Crippen molar-refractivity contribution in [2.24, 2.45) is 0 Å². The lowest BCUT2D eigenvalue weighted by Crippen LogP contribution is -2.45. The van der Waals surface area contributed by atoms with E-state index in [0.29, 0.717) is 23.0 Å². The van der Waals surface area contributed by atoms with Crippen LogP contribution in [0.5, 0.6) is 5.75 Å². The Morgan fingerprint density at radius 1 is 1.17 bits per heavy atom. The zero-order valence-electron chi connectivity index (χ0n) is 18.0. The van der Waals surface area contributed by atoms with Crippen molar-refractivity contribution in [2.45, 2.75) is 56.5 Å². The van der Waals surface area contributed by atoms with Gasteiger partial charge in [0.1, 0.15) is 0 Å². The monoisotopic (exact) mass is 450 g/mol. The Morgan fingerprint density at radius 2 is 1.83 bits per heavy atom. The van der Waals surface area contributed by atoms with Gasteiger partial charge in [-0.15, -0.1) is 11.8 Å². The van der Waals surface area contributed by atoms with Crippen molar-refractivity contribution in [2.75, 3.05) is 5.75 Å². The molecule has 0 saturated carbocycles. The van der Waals surface area contributed by atoms with Gasteiger partial charge in [-0.1, -0.05) is 44.5 Å². The van der Waals surface area contributed by atoms with Crippen molar-refractivity contribution in [3.63, 3.8) is 0 Å². The first-order valence-corrected chi connectivity index (χ1v) is 14.8. The van der Waals surface area contributed by atoms with Crippen molar-refractivity contribution in [3.8, 4) is 5.75 Å². The topological polar surface area (TPSA) is 56.5 Å². The summed E-state index contributed by atoms with van der Waals surface area (Å²) in [6.45, 7) is 12.6. The summed E-state index contributed by atoms with van der Waals surface area (Å²) in [5, 5.41) is 1.69. The van der Waals surface area contributed by atoms with Gasteiger partial charge in [-0.2, -0.15) is 0 Å². The minimum absolute atomic E-state index is 0.0114. The molecule has 0 bridgehead atoms. The molecule has 2 rings (SSSR count). The fraction of sp³-hybridized carbons (Fsp3) is 0.409. The zero-order chi connectivity index (χ0) is 21.7. The Balaban J connectivity index is 1.99. The van der Waals surface area contributed by atoms with E-state index >= 15 is 0 Å². The van der Waals surface area contributed by atoms with Crippen molar-refractivity contribution < 1.29 is 13.1 Å². The van der Waals surface area contributed by atoms with Gasteiger partial charge in [0.15, 0.2) is 11.5 Å². The van der Waals surface area contributed by atoms with Gasteiger partial charge in [-0.05, 0) is 37.2 Å². The van der Waals surface area contributed by atoms with Crippen molar-refractivity contribution >= 4 is 30.9 Å². The SMILES string of the molecule is Cc1ccc(S(=O)/C=C/CSCc2occc(=O)c2O[Si](C)(C)C(C)(C)C)cc1. The molecule has 1 atom stereocenters. The predicted octanol–water partition coefficient (Wildman–Crippen LogP) is 5.89. The summed E-state index contributed by atoms with van der Waals surface area (Å²) >= 11 is 1.58. The van der Waals surface area contributed by atoms with Gasteiger partial charge in [-0.3, -0.25) is 4.79 Å². The van der Waals surface area contributed by atoms with Gasteiger partial charge in [-0.25, -0.2) is 4.21 Å². The molecule has 0 N–H and O–H groups in total. The molecule has 4 nitrogen and oxygen atoms in total. The third kappa shape index (κ3) is 6.72. The highest BCUT2D eigenvalue weighted by molar-refractivity contribution is 7.98. The third-order valence-electron chi connectivity index (χ3n) is 4.99. The predicted molar refractivity (Wildman–Crippen MR) is 126 cm³/mol. The lowest BCUT2D eigenvalue weighted by atomic mass is 10.2. The fourth-order valence-electron chi connectivity index (χ4n) is 2.16. The molecule has 0 spiro atoms. The summed E-state index contributed by atoms with van der Waals surface area (Å²) in [5.41, 5.74) is 0.998. The van der Waals surface area contributed by atoms with Crippen LogP contribution in [0.15, 0.2) is 62.2 Å². The molecule has 1 aromatic carbocycles. The van der Waals surface area contributed by atoms with E-state index in [1.165, 1.54) is 12.3 Å². The summed E-state index contributed by atoms with van der Waals surface area (Å²) in [6, 6.07) is 9.08. The molecule has 1 unspecified atom stereocenters. The van der Waals surface area contributed by atoms with Crippen molar-refractivity contribution in [1.29, 1.82) is 0 Å². The van der Waals surface area contributed by atoms with E-state index in [1.54, 1.807) is 17.2 Å². The number of rotatable bonds is 8. The van der Waals surface area contributed by atoms with E-state index in [1.807, 2.05) is 37.3 Å². The molecule has 0 aliphatic carbocycles. The first-order valence-electron chi connectivity index (χ1n) is 9.52. The molecule has 158 valence electrons. The second kappa shape index (κ2) is 9.96. The molecule has 0 saturated heterocycles. The summed E-state index contributed by atoms with van der Waals surface area (Å²) < 4.78 is 24.1. The Kier molecular flexibility index (Phi) is 8.14. The maximum absolute atomic E-state index is 12.4. The molecule has 0 aliphatic heterocycles. The Labute approximate surface area is 181 Å². The maximum atomic E-state index is 12.4. The highest BCUT2D eigenvalue weighted by Gasteiger charge is 2.40. The van der Waals surface area contributed by atoms with Crippen molar-refractivity contribution in [1.82, 2.24) is 0 Å². The van der Waals surface area contributed by atoms with Gasteiger partial charge in [0.2, 0.25) is 5.43 Å². The summed E-state index contributed by atoms with van der Waals surface area (Å²) in [4.78, 5) is 13.2.